The molecule has 3 aromatic rings. The van der Waals surface area contributed by atoms with Crippen LogP contribution in [0.4, 0.5) is 0 Å². The van der Waals surface area contributed by atoms with E-state index in [2.05, 4.69) is 153 Å². The van der Waals surface area contributed by atoms with E-state index in [0.29, 0.717) is 9.54 Å². The van der Waals surface area contributed by atoms with Gasteiger partial charge in [0.2, 0.25) is 0 Å². The van der Waals surface area contributed by atoms with Gasteiger partial charge in [-0.05, 0) is 0 Å². The summed E-state index contributed by atoms with van der Waals surface area (Å²) in [6.45, 7) is 26.3. The summed E-state index contributed by atoms with van der Waals surface area (Å²) in [4.78, 5) is 0. The van der Waals surface area contributed by atoms with Crippen LogP contribution < -0.4 is 24.8 Å². The average molecular weight is 727 g/mol. The van der Waals surface area contributed by atoms with Gasteiger partial charge in [-0.2, -0.15) is 0 Å². The average Bonchev–Trinajstić information content (AvgIpc) is 3.57. The molecule has 1 unspecified atom stereocenters. The summed E-state index contributed by atoms with van der Waals surface area (Å²) in [5.74, 6) is 0.482. The number of rotatable bonds is 3. The van der Waals surface area contributed by atoms with Crippen LogP contribution in [0.25, 0.3) is 22.3 Å². The summed E-state index contributed by atoms with van der Waals surface area (Å²) in [5.41, 5.74) is 19.7. The van der Waals surface area contributed by atoms with Crippen molar-refractivity contribution in [3.05, 3.63) is 126 Å². The van der Waals surface area contributed by atoms with Crippen molar-refractivity contribution in [1.29, 1.82) is 0 Å². The molecule has 0 radical (unpaired) electrons. The first-order chi connectivity index (χ1) is 20.6. The van der Waals surface area contributed by atoms with Gasteiger partial charge in [0, 0.05) is 0 Å². The first kappa shape index (κ1) is 35.3. The number of benzene rings is 3. The molecule has 4 aliphatic carbocycles. The van der Waals surface area contributed by atoms with Crippen LogP contribution in [-0.4, -0.2) is 3.71 Å². The van der Waals surface area contributed by atoms with E-state index in [1.54, 1.807) is 25.6 Å². The Labute approximate surface area is 298 Å². The third kappa shape index (κ3) is 5.42. The summed E-state index contributed by atoms with van der Waals surface area (Å²) in [5, 5.41) is 0. The maximum Gasteiger partial charge on any atom is -1.00 e. The summed E-state index contributed by atoms with van der Waals surface area (Å²) >= 11 is -2.61. The number of allylic oxidation sites excluding steroid dienone is 8. The van der Waals surface area contributed by atoms with Crippen LogP contribution in [0.2, 0.25) is 0 Å². The van der Waals surface area contributed by atoms with Crippen molar-refractivity contribution in [3.8, 4) is 11.1 Å². The molecule has 0 spiro atoms. The predicted octanol–water partition coefficient (Wildman–Crippen LogP) is 5.52. The molecule has 0 N–H and O–H groups in total. The first-order valence-electron chi connectivity index (χ1n) is 16.6. The Bertz CT molecular complexity index is 1830. The molecule has 1 atom stereocenters. The second-order valence-electron chi connectivity index (χ2n) is 16.2. The van der Waals surface area contributed by atoms with Crippen LogP contribution in [0.3, 0.4) is 0 Å². The van der Waals surface area contributed by atoms with Crippen molar-refractivity contribution in [2.24, 2.45) is 11.3 Å². The van der Waals surface area contributed by atoms with Gasteiger partial charge in [-0.3, -0.25) is 0 Å². The van der Waals surface area contributed by atoms with Gasteiger partial charge in [0.1, 0.15) is 0 Å². The molecule has 0 amide bonds. The Morgan fingerprint density at radius 2 is 1.17 bits per heavy atom. The van der Waals surface area contributed by atoms with E-state index < -0.39 is 21.3 Å². The molecule has 46 heavy (non-hydrogen) atoms. The SMILES string of the molecule is CC1=CC(C)(C)c2cc3c(cc21)-c1cc2c(cc1[CH]3/[Zr+2](=[CH]/c1ccccc1)[C]1=C(C)C(C(C)(C)C)=CC1C)C(C)(C)C=C2C.[Cl-].[Cl-]. The minimum Gasteiger partial charge on any atom is -1.00 e. The molecule has 3 heteroatoms. The smallest absolute Gasteiger partial charge is 1.00 e. The van der Waals surface area contributed by atoms with Crippen LogP contribution >= 0.6 is 0 Å². The van der Waals surface area contributed by atoms with Crippen molar-refractivity contribution in [2.75, 3.05) is 0 Å². The van der Waals surface area contributed by atoms with E-state index in [0.717, 1.165) is 0 Å². The molecule has 4 aliphatic rings. The predicted molar refractivity (Wildman–Crippen MR) is 188 cm³/mol. The quantitative estimate of drug-likeness (QED) is 0.334. The Morgan fingerprint density at radius 3 is 1.61 bits per heavy atom. The second-order valence-corrected chi connectivity index (χ2v) is 21.9. The molecule has 0 aromatic heterocycles. The minimum atomic E-state index is -2.61. The van der Waals surface area contributed by atoms with Crippen LogP contribution in [0.15, 0.2) is 87.3 Å². The van der Waals surface area contributed by atoms with Gasteiger partial charge in [-0.25, -0.2) is 0 Å². The molecule has 3 aromatic carbocycles. The van der Waals surface area contributed by atoms with E-state index >= 15 is 0 Å². The van der Waals surface area contributed by atoms with Crippen LogP contribution in [0.5, 0.6) is 0 Å². The molecular formula is C43H48Cl2Zr. The number of fused-ring (bicyclic) bond motifs is 5. The molecule has 238 valence electrons. The van der Waals surface area contributed by atoms with E-state index in [4.69, 9.17) is 0 Å². The largest absolute Gasteiger partial charge is 1.00 e. The summed E-state index contributed by atoms with van der Waals surface area (Å²) in [6, 6.07) is 21.7. The van der Waals surface area contributed by atoms with Crippen molar-refractivity contribution in [2.45, 2.75) is 90.6 Å². The normalized spacial score (nSPS) is 20.2. The fourth-order valence-corrected chi connectivity index (χ4v) is 17.7. The zero-order chi connectivity index (χ0) is 31.5. The number of hydrogen-bond acceptors (Lipinski definition) is 0. The zero-order valence-electron chi connectivity index (χ0n) is 29.4. The van der Waals surface area contributed by atoms with Gasteiger partial charge in [0.15, 0.2) is 0 Å². The van der Waals surface area contributed by atoms with Gasteiger partial charge in [0.25, 0.3) is 0 Å². The van der Waals surface area contributed by atoms with Gasteiger partial charge in [-0.15, -0.1) is 0 Å². The number of hydrogen-bond donors (Lipinski definition) is 0. The fraction of sp³-hybridized carbons (Fsp3) is 0.372. The van der Waals surface area contributed by atoms with E-state index in [1.807, 2.05) is 0 Å². The Kier molecular flexibility index (Phi) is 9.07. The third-order valence-electron chi connectivity index (χ3n) is 10.9. The van der Waals surface area contributed by atoms with Gasteiger partial charge < -0.3 is 24.8 Å². The van der Waals surface area contributed by atoms with Crippen molar-refractivity contribution < 1.29 is 46.1 Å². The Morgan fingerprint density at radius 1 is 0.696 bits per heavy atom. The van der Waals surface area contributed by atoms with Gasteiger partial charge in [-0.1, -0.05) is 0 Å². The summed E-state index contributed by atoms with van der Waals surface area (Å²) < 4.78 is 5.03. The summed E-state index contributed by atoms with van der Waals surface area (Å²) in [7, 11) is 0. The minimum absolute atomic E-state index is 0. The molecule has 0 fully saturated rings. The molecular weight excluding hydrogens is 679 g/mol. The number of halogens is 2. The van der Waals surface area contributed by atoms with Gasteiger partial charge in [0.05, 0.1) is 0 Å². The molecule has 0 aliphatic heterocycles. The van der Waals surface area contributed by atoms with Crippen molar-refractivity contribution in [3.63, 3.8) is 0 Å². The maximum atomic E-state index is 2.80. The van der Waals surface area contributed by atoms with E-state index in [-0.39, 0.29) is 41.1 Å². The van der Waals surface area contributed by atoms with Crippen LogP contribution in [-0.2, 0) is 32.1 Å². The molecule has 0 bridgehead atoms. The van der Waals surface area contributed by atoms with Crippen LogP contribution in [0, 0.1) is 11.3 Å². The third-order valence-corrected chi connectivity index (χ3v) is 19.1. The second kappa shape index (κ2) is 11.8. The zero-order valence-corrected chi connectivity index (χ0v) is 33.4. The van der Waals surface area contributed by atoms with E-state index in [9.17, 15) is 0 Å². The Hall–Kier alpha value is -2.05. The van der Waals surface area contributed by atoms with Crippen molar-refractivity contribution >= 4 is 14.9 Å². The molecule has 0 nitrogen and oxygen atoms in total. The van der Waals surface area contributed by atoms with Crippen LogP contribution in [0.1, 0.15) is 119 Å². The fourth-order valence-electron chi connectivity index (χ4n) is 9.07. The monoisotopic (exact) mass is 724 g/mol. The molecule has 0 saturated heterocycles. The topological polar surface area (TPSA) is 0 Å². The summed E-state index contributed by atoms with van der Waals surface area (Å²) in [6.07, 6.45) is 7.59. The molecule has 7 rings (SSSR count). The standard InChI is InChI=1S/C25H25.C11H17.C7H6.2ClH.Zr/c1-14-12-24(3,4)22-8-16-7-17-9-23-19(15(2)13-25(23,5)6)11-21(17)20(16)10-18(14)22;1-8-6-9(2)10(7-8)11(3,4)5;1-7-5-3-2-4-6-7;;;/h7-13H,1-6H3;7-8H,1-5H3;1-6H;2*1H;/q;;;;;+2/p-2. The van der Waals surface area contributed by atoms with Crippen molar-refractivity contribution in [1.82, 2.24) is 0 Å². The van der Waals surface area contributed by atoms with Gasteiger partial charge >= 0.3 is 275 Å². The Balaban J connectivity index is 0.00000208. The maximum absolute atomic E-state index is 2.80. The van der Waals surface area contributed by atoms with E-state index in [1.165, 1.54) is 50.1 Å². The molecule has 0 heterocycles. The molecule has 0 saturated carbocycles. The first-order valence-corrected chi connectivity index (χ1v) is 20.6.